The van der Waals surface area contributed by atoms with E-state index in [4.69, 9.17) is 5.73 Å². The number of hydrogen-bond donors (Lipinski definition) is 3. The summed E-state index contributed by atoms with van der Waals surface area (Å²) in [7, 11) is 0. The van der Waals surface area contributed by atoms with Crippen molar-refractivity contribution in [3.05, 3.63) is 42.5 Å². The van der Waals surface area contributed by atoms with Crippen molar-refractivity contribution in [1.82, 2.24) is 14.9 Å². The van der Waals surface area contributed by atoms with Gasteiger partial charge in [0.2, 0.25) is 0 Å². The van der Waals surface area contributed by atoms with Gasteiger partial charge in [-0.05, 0) is 31.0 Å². The molecule has 0 aliphatic heterocycles. The van der Waals surface area contributed by atoms with Crippen LogP contribution < -0.4 is 11.1 Å². The summed E-state index contributed by atoms with van der Waals surface area (Å²) in [5.41, 5.74) is 6.37. The van der Waals surface area contributed by atoms with Crippen molar-refractivity contribution in [2.75, 3.05) is 12.3 Å². The van der Waals surface area contributed by atoms with Gasteiger partial charge in [-0.1, -0.05) is 0 Å². The Bertz CT molecular complexity index is 567. The van der Waals surface area contributed by atoms with Crippen molar-refractivity contribution in [2.24, 2.45) is 0 Å². The van der Waals surface area contributed by atoms with Gasteiger partial charge in [-0.2, -0.15) is 0 Å². The van der Waals surface area contributed by atoms with Gasteiger partial charge in [-0.15, -0.1) is 0 Å². The molecule has 2 rings (SSSR count). The van der Waals surface area contributed by atoms with Gasteiger partial charge in [0.1, 0.15) is 5.75 Å². The van der Waals surface area contributed by atoms with Crippen LogP contribution in [0.3, 0.4) is 0 Å². The normalized spacial score (nSPS) is 10.4. The van der Waals surface area contributed by atoms with Gasteiger partial charge in [-0.25, -0.2) is 4.98 Å². The number of nitrogens with one attached hydrogen (secondary N) is 1. The number of nitrogens with two attached hydrogens (primary N) is 1. The van der Waals surface area contributed by atoms with Gasteiger partial charge < -0.3 is 20.7 Å². The van der Waals surface area contributed by atoms with Gasteiger partial charge in [0, 0.05) is 31.2 Å². The summed E-state index contributed by atoms with van der Waals surface area (Å²) in [4.78, 5) is 15.9. The first-order chi connectivity index (χ1) is 9.66. The van der Waals surface area contributed by atoms with E-state index in [1.807, 2.05) is 10.8 Å². The summed E-state index contributed by atoms with van der Waals surface area (Å²) in [6.07, 6.45) is 7.24. The van der Waals surface area contributed by atoms with E-state index in [1.165, 1.54) is 18.2 Å². The number of aryl methyl sites for hydroxylation is 1. The molecule has 0 unspecified atom stereocenters. The number of anilines is 1. The zero-order chi connectivity index (χ0) is 14.4. The zero-order valence-corrected chi connectivity index (χ0v) is 11.1. The molecule has 0 spiro atoms. The quantitative estimate of drug-likeness (QED) is 0.421. The number of phenolic OH excluding ortho intramolecular Hbond substituents is 1. The van der Waals surface area contributed by atoms with Crippen LogP contribution in [0.4, 0.5) is 5.69 Å². The third kappa shape index (κ3) is 3.74. The van der Waals surface area contributed by atoms with E-state index in [2.05, 4.69) is 10.3 Å². The van der Waals surface area contributed by atoms with Crippen LogP contribution in [0.1, 0.15) is 23.2 Å². The fraction of sp³-hybridized carbons (Fsp3) is 0.286. The highest BCUT2D eigenvalue weighted by atomic mass is 16.3. The van der Waals surface area contributed by atoms with Crippen molar-refractivity contribution in [3.8, 4) is 5.75 Å². The molecule has 0 aliphatic rings. The lowest BCUT2D eigenvalue weighted by atomic mass is 10.1. The number of amides is 1. The molecule has 0 aliphatic carbocycles. The summed E-state index contributed by atoms with van der Waals surface area (Å²) in [6, 6.07) is 4.34. The number of carbonyl (C=O) groups excluding carboxylic acids is 1. The first kappa shape index (κ1) is 13.9. The molecule has 6 nitrogen and oxygen atoms in total. The van der Waals surface area contributed by atoms with E-state index >= 15 is 0 Å². The molecule has 0 saturated carbocycles. The van der Waals surface area contributed by atoms with Gasteiger partial charge in [0.25, 0.3) is 5.91 Å². The number of nitrogens with zero attached hydrogens (tertiary/aromatic N) is 2. The van der Waals surface area contributed by atoms with Gasteiger partial charge in [-0.3, -0.25) is 4.79 Å². The Morgan fingerprint density at radius 2 is 2.25 bits per heavy atom. The first-order valence-electron chi connectivity index (χ1n) is 6.49. The third-order valence-electron chi connectivity index (χ3n) is 2.97. The molecule has 0 fully saturated rings. The average Bonchev–Trinajstić information content (AvgIpc) is 2.94. The lowest BCUT2D eigenvalue weighted by Crippen LogP contribution is -2.25. The van der Waals surface area contributed by atoms with Crippen molar-refractivity contribution >= 4 is 11.6 Å². The maximum absolute atomic E-state index is 11.9. The minimum Gasteiger partial charge on any atom is -0.508 e. The van der Waals surface area contributed by atoms with E-state index in [-0.39, 0.29) is 11.7 Å². The molecule has 1 aromatic carbocycles. The summed E-state index contributed by atoms with van der Waals surface area (Å²) in [5.74, 6) is -0.231. The van der Waals surface area contributed by atoms with Crippen LogP contribution in [0.15, 0.2) is 36.9 Å². The van der Waals surface area contributed by atoms with Crippen molar-refractivity contribution in [2.45, 2.75) is 19.4 Å². The molecule has 0 radical (unpaired) electrons. The number of benzene rings is 1. The van der Waals surface area contributed by atoms with E-state index in [1.54, 1.807) is 12.5 Å². The van der Waals surface area contributed by atoms with E-state index in [9.17, 15) is 9.90 Å². The zero-order valence-electron chi connectivity index (χ0n) is 11.1. The number of rotatable bonds is 6. The summed E-state index contributed by atoms with van der Waals surface area (Å²) in [6.45, 7) is 1.45. The highest BCUT2D eigenvalue weighted by molar-refractivity contribution is 5.99. The number of aromatic nitrogens is 2. The number of imidazole rings is 1. The molecule has 1 aromatic heterocycles. The Balaban J connectivity index is 1.73. The standard InChI is InChI=1S/C14H18N4O2/c15-13-4-3-11(19)9-12(13)14(20)17-5-1-2-7-18-8-6-16-10-18/h3-4,6,8-10,19H,1-2,5,7,15H2,(H,17,20). The Hall–Kier alpha value is -2.50. The lowest BCUT2D eigenvalue weighted by molar-refractivity contribution is 0.0953. The molecule has 1 amide bonds. The molecule has 1 heterocycles. The molecule has 20 heavy (non-hydrogen) atoms. The van der Waals surface area contributed by atoms with Crippen molar-refractivity contribution < 1.29 is 9.90 Å². The highest BCUT2D eigenvalue weighted by Crippen LogP contribution is 2.18. The number of unbranched alkanes of at least 4 members (excludes halogenated alkanes) is 1. The molecule has 0 saturated heterocycles. The van der Waals surface area contributed by atoms with E-state index in [0.29, 0.717) is 17.8 Å². The maximum Gasteiger partial charge on any atom is 0.253 e. The Labute approximate surface area is 117 Å². The summed E-state index contributed by atoms with van der Waals surface area (Å²) >= 11 is 0. The van der Waals surface area contributed by atoms with Crippen LogP contribution in [-0.4, -0.2) is 27.1 Å². The number of nitrogen functional groups attached to an aromatic ring is 1. The Kier molecular flexibility index (Phi) is 4.60. The highest BCUT2D eigenvalue weighted by Gasteiger charge is 2.09. The van der Waals surface area contributed by atoms with Crippen LogP contribution in [0.2, 0.25) is 0 Å². The fourth-order valence-electron chi connectivity index (χ4n) is 1.88. The van der Waals surface area contributed by atoms with Crippen LogP contribution in [-0.2, 0) is 6.54 Å². The topological polar surface area (TPSA) is 93.2 Å². The molecule has 0 atom stereocenters. The van der Waals surface area contributed by atoms with E-state index < -0.39 is 0 Å². The monoisotopic (exact) mass is 274 g/mol. The van der Waals surface area contributed by atoms with Crippen LogP contribution in [0.5, 0.6) is 5.75 Å². The number of hydrogen-bond acceptors (Lipinski definition) is 4. The molecular formula is C14H18N4O2. The third-order valence-corrected chi connectivity index (χ3v) is 2.97. The number of phenols is 1. The Morgan fingerprint density at radius 1 is 1.40 bits per heavy atom. The number of carbonyl (C=O) groups is 1. The second-order valence-electron chi connectivity index (χ2n) is 4.54. The van der Waals surface area contributed by atoms with Gasteiger partial charge in [0.15, 0.2) is 0 Å². The molecule has 4 N–H and O–H groups in total. The molecule has 106 valence electrons. The molecule has 0 bridgehead atoms. The molecular weight excluding hydrogens is 256 g/mol. The predicted octanol–water partition coefficient (Wildman–Crippen LogP) is 1.38. The smallest absolute Gasteiger partial charge is 0.253 e. The second kappa shape index (κ2) is 6.60. The minimum absolute atomic E-state index is 0.0319. The maximum atomic E-state index is 11.9. The first-order valence-corrected chi connectivity index (χ1v) is 6.49. The molecule has 2 aromatic rings. The SMILES string of the molecule is Nc1ccc(O)cc1C(=O)NCCCCn1ccnc1. The van der Waals surface area contributed by atoms with Crippen LogP contribution >= 0.6 is 0 Å². The largest absolute Gasteiger partial charge is 0.508 e. The fourth-order valence-corrected chi connectivity index (χ4v) is 1.88. The summed E-state index contributed by atoms with van der Waals surface area (Å²) < 4.78 is 2.00. The van der Waals surface area contributed by atoms with Gasteiger partial charge in [0.05, 0.1) is 11.9 Å². The van der Waals surface area contributed by atoms with Gasteiger partial charge >= 0.3 is 0 Å². The predicted molar refractivity (Wildman–Crippen MR) is 76.3 cm³/mol. The second-order valence-corrected chi connectivity index (χ2v) is 4.54. The van der Waals surface area contributed by atoms with Crippen molar-refractivity contribution in [3.63, 3.8) is 0 Å². The Morgan fingerprint density at radius 3 is 3.00 bits per heavy atom. The van der Waals surface area contributed by atoms with Crippen LogP contribution in [0, 0.1) is 0 Å². The average molecular weight is 274 g/mol. The number of aromatic hydroxyl groups is 1. The van der Waals surface area contributed by atoms with Crippen molar-refractivity contribution in [1.29, 1.82) is 0 Å². The van der Waals surface area contributed by atoms with E-state index in [0.717, 1.165) is 19.4 Å². The van der Waals surface area contributed by atoms with Crippen LogP contribution in [0.25, 0.3) is 0 Å². The lowest BCUT2D eigenvalue weighted by Gasteiger charge is -2.08. The minimum atomic E-state index is -0.263. The molecule has 6 heteroatoms. The summed E-state index contributed by atoms with van der Waals surface area (Å²) in [5, 5.41) is 12.1.